The minimum atomic E-state index is -3.43. The second-order valence-corrected chi connectivity index (χ2v) is 10.5. The van der Waals surface area contributed by atoms with Gasteiger partial charge < -0.3 is 5.32 Å². The molecule has 1 atom stereocenters. The van der Waals surface area contributed by atoms with Gasteiger partial charge in [-0.2, -0.15) is 4.31 Å². The second-order valence-electron chi connectivity index (χ2n) is 7.15. The molecule has 0 bridgehead atoms. The summed E-state index contributed by atoms with van der Waals surface area (Å²) in [6.45, 7) is 7.11. The van der Waals surface area contributed by atoms with Crippen molar-refractivity contribution in [1.82, 2.24) is 4.31 Å². The number of anilines is 1. The molecule has 0 saturated carbocycles. The molecular weight excluding hydrogens is 392 g/mol. The maximum Gasteiger partial charge on any atom is 0.243 e. The molecule has 1 aliphatic heterocycles. The molecule has 0 aromatic heterocycles. The number of nitrogens with zero attached hydrogens (tertiary/aromatic N) is 1. The van der Waals surface area contributed by atoms with Crippen LogP contribution in [-0.2, 0) is 14.8 Å². The number of nitrogens with one attached hydrogen (secondary N) is 1. The number of hydrogen-bond donors (Lipinski definition) is 1. The van der Waals surface area contributed by atoms with E-state index in [4.69, 9.17) is 0 Å². The summed E-state index contributed by atoms with van der Waals surface area (Å²) in [6, 6.07) is 12.6. The van der Waals surface area contributed by atoms with Gasteiger partial charge >= 0.3 is 0 Å². The van der Waals surface area contributed by atoms with Gasteiger partial charge in [-0.05, 0) is 69.5 Å². The van der Waals surface area contributed by atoms with E-state index in [-0.39, 0.29) is 16.1 Å². The van der Waals surface area contributed by atoms with E-state index in [1.807, 2.05) is 32.9 Å². The predicted octanol–water partition coefficient (Wildman–Crippen LogP) is 4.21. The number of aryl methyl sites for hydroxylation is 2. The van der Waals surface area contributed by atoms with Gasteiger partial charge in [0.25, 0.3) is 0 Å². The molecule has 150 valence electrons. The molecule has 1 N–H and O–H groups in total. The van der Waals surface area contributed by atoms with Crippen molar-refractivity contribution >= 4 is 33.4 Å². The van der Waals surface area contributed by atoms with Crippen LogP contribution in [-0.4, -0.2) is 37.0 Å². The van der Waals surface area contributed by atoms with Gasteiger partial charge in [0.15, 0.2) is 0 Å². The zero-order valence-corrected chi connectivity index (χ0v) is 18.1. The molecule has 3 rings (SSSR count). The Labute approximate surface area is 171 Å². The number of carbonyl (C=O) groups excluding carboxylic acids is 1. The summed E-state index contributed by atoms with van der Waals surface area (Å²) in [5.41, 5.74) is 2.95. The van der Waals surface area contributed by atoms with Crippen LogP contribution in [0, 0.1) is 13.8 Å². The van der Waals surface area contributed by atoms with E-state index >= 15 is 0 Å². The van der Waals surface area contributed by atoms with Gasteiger partial charge in [0.05, 0.1) is 10.1 Å². The zero-order chi connectivity index (χ0) is 20.3. The van der Waals surface area contributed by atoms with Crippen LogP contribution in [0.15, 0.2) is 52.3 Å². The number of carbonyl (C=O) groups is 1. The van der Waals surface area contributed by atoms with E-state index in [1.54, 1.807) is 24.3 Å². The fraction of sp³-hybridized carbons (Fsp3) is 0.381. The first-order valence-electron chi connectivity index (χ1n) is 9.42. The van der Waals surface area contributed by atoms with Crippen LogP contribution in [0.3, 0.4) is 0 Å². The molecule has 1 amide bonds. The van der Waals surface area contributed by atoms with Gasteiger partial charge in [-0.3, -0.25) is 4.79 Å². The number of hydrogen-bond acceptors (Lipinski definition) is 4. The molecule has 1 unspecified atom stereocenters. The smallest absolute Gasteiger partial charge is 0.243 e. The lowest BCUT2D eigenvalue weighted by molar-refractivity contribution is -0.115. The van der Waals surface area contributed by atoms with Crippen LogP contribution < -0.4 is 5.32 Å². The summed E-state index contributed by atoms with van der Waals surface area (Å²) in [6.07, 6.45) is 1.81. The Balaban J connectivity index is 1.63. The minimum Gasteiger partial charge on any atom is -0.325 e. The first-order chi connectivity index (χ1) is 13.3. The van der Waals surface area contributed by atoms with E-state index in [0.29, 0.717) is 18.8 Å². The van der Waals surface area contributed by atoms with Crippen molar-refractivity contribution in [3.05, 3.63) is 53.6 Å². The standard InChI is InChI=1S/C21H26N2O3S2/c1-15-6-11-20(16(2)14-15)27-17(3)21(24)22-18-7-9-19(10-8-18)28(25,26)23-12-4-5-13-23/h6-11,14,17H,4-5,12-13H2,1-3H3,(H,22,24). The molecule has 2 aromatic rings. The van der Waals surface area contributed by atoms with E-state index in [1.165, 1.54) is 21.6 Å². The third-order valence-electron chi connectivity index (χ3n) is 4.83. The lowest BCUT2D eigenvalue weighted by Gasteiger charge is -2.16. The van der Waals surface area contributed by atoms with Crippen molar-refractivity contribution < 1.29 is 13.2 Å². The highest BCUT2D eigenvalue weighted by Crippen LogP contribution is 2.28. The molecule has 1 fully saturated rings. The van der Waals surface area contributed by atoms with Crippen LogP contribution in [0.1, 0.15) is 30.9 Å². The van der Waals surface area contributed by atoms with Gasteiger partial charge in [-0.15, -0.1) is 11.8 Å². The van der Waals surface area contributed by atoms with Crippen molar-refractivity contribution in [2.75, 3.05) is 18.4 Å². The molecule has 1 heterocycles. The average Bonchev–Trinajstić information content (AvgIpc) is 3.20. The topological polar surface area (TPSA) is 66.5 Å². The highest BCUT2D eigenvalue weighted by molar-refractivity contribution is 8.00. The normalized spacial score (nSPS) is 16.1. The fourth-order valence-electron chi connectivity index (χ4n) is 3.21. The van der Waals surface area contributed by atoms with Gasteiger partial charge in [0.2, 0.25) is 15.9 Å². The molecular formula is C21H26N2O3S2. The average molecular weight is 419 g/mol. The molecule has 0 radical (unpaired) electrons. The molecule has 2 aromatic carbocycles. The summed E-state index contributed by atoms with van der Waals surface area (Å²) in [7, 11) is -3.43. The number of amides is 1. The van der Waals surface area contributed by atoms with Crippen molar-refractivity contribution in [3.8, 4) is 0 Å². The zero-order valence-electron chi connectivity index (χ0n) is 16.4. The Morgan fingerprint density at radius 2 is 1.71 bits per heavy atom. The van der Waals surface area contributed by atoms with Crippen LogP contribution in [0.5, 0.6) is 0 Å². The number of thioether (sulfide) groups is 1. The predicted molar refractivity (Wildman–Crippen MR) is 114 cm³/mol. The third-order valence-corrected chi connectivity index (χ3v) is 8.02. The van der Waals surface area contributed by atoms with Gasteiger partial charge in [-0.1, -0.05) is 17.7 Å². The van der Waals surface area contributed by atoms with Crippen molar-refractivity contribution in [2.45, 2.75) is 48.7 Å². The summed E-state index contributed by atoms with van der Waals surface area (Å²) >= 11 is 1.52. The number of sulfonamides is 1. The SMILES string of the molecule is Cc1ccc(SC(C)C(=O)Nc2ccc(S(=O)(=O)N3CCCC3)cc2)c(C)c1. The Kier molecular flexibility index (Phi) is 6.47. The molecule has 7 heteroatoms. The lowest BCUT2D eigenvalue weighted by Crippen LogP contribution is -2.27. The summed E-state index contributed by atoms with van der Waals surface area (Å²) in [5.74, 6) is -0.111. The Hall–Kier alpha value is -1.83. The number of benzene rings is 2. The van der Waals surface area contributed by atoms with E-state index < -0.39 is 10.0 Å². The molecule has 0 spiro atoms. The monoisotopic (exact) mass is 418 g/mol. The van der Waals surface area contributed by atoms with Crippen LogP contribution in [0.25, 0.3) is 0 Å². The van der Waals surface area contributed by atoms with Crippen LogP contribution >= 0.6 is 11.8 Å². The summed E-state index contributed by atoms with van der Waals surface area (Å²) in [5, 5.41) is 2.60. The first kappa shape index (κ1) is 20.9. The first-order valence-corrected chi connectivity index (χ1v) is 11.7. The number of rotatable bonds is 6. The second kappa shape index (κ2) is 8.68. The van der Waals surface area contributed by atoms with Gasteiger partial charge in [0.1, 0.15) is 0 Å². The summed E-state index contributed by atoms with van der Waals surface area (Å²) in [4.78, 5) is 13.9. The van der Waals surface area contributed by atoms with Crippen LogP contribution in [0.4, 0.5) is 5.69 Å². The van der Waals surface area contributed by atoms with E-state index in [2.05, 4.69) is 11.4 Å². The molecule has 1 aliphatic rings. The van der Waals surface area contributed by atoms with Gasteiger partial charge in [-0.25, -0.2) is 8.42 Å². The molecule has 0 aliphatic carbocycles. The van der Waals surface area contributed by atoms with Crippen molar-refractivity contribution in [1.29, 1.82) is 0 Å². The minimum absolute atomic E-state index is 0.111. The van der Waals surface area contributed by atoms with E-state index in [0.717, 1.165) is 23.3 Å². The maximum atomic E-state index is 12.6. The quantitative estimate of drug-likeness (QED) is 0.714. The molecule has 28 heavy (non-hydrogen) atoms. The van der Waals surface area contributed by atoms with E-state index in [9.17, 15) is 13.2 Å². The Morgan fingerprint density at radius 1 is 1.07 bits per heavy atom. The Bertz CT molecular complexity index is 950. The molecule has 5 nitrogen and oxygen atoms in total. The highest BCUT2D eigenvalue weighted by atomic mass is 32.2. The third kappa shape index (κ3) is 4.77. The largest absolute Gasteiger partial charge is 0.325 e. The van der Waals surface area contributed by atoms with Crippen LogP contribution in [0.2, 0.25) is 0 Å². The van der Waals surface area contributed by atoms with Crippen molar-refractivity contribution in [2.24, 2.45) is 0 Å². The maximum absolute atomic E-state index is 12.6. The van der Waals surface area contributed by atoms with Gasteiger partial charge in [0, 0.05) is 23.7 Å². The van der Waals surface area contributed by atoms with Crippen molar-refractivity contribution in [3.63, 3.8) is 0 Å². The fourth-order valence-corrected chi connectivity index (χ4v) is 5.66. The lowest BCUT2D eigenvalue weighted by atomic mass is 10.2. The Morgan fingerprint density at radius 3 is 2.32 bits per heavy atom. The molecule has 1 saturated heterocycles. The summed E-state index contributed by atoms with van der Waals surface area (Å²) < 4.78 is 26.7. The highest BCUT2D eigenvalue weighted by Gasteiger charge is 2.27.